The minimum Gasteiger partial charge on any atom is -0.303 e. The number of rotatable bonds is 3. The molecule has 6 heteroatoms. The number of aryl methyl sites for hydroxylation is 1. The van der Waals surface area contributed by atoms with E-state index in [-0.39, 0.29) is 6.04 Å². The summed E-state index contributed by atoms with van der Waals surface area (Å²) >= 11 is 0. The van der Waals surface area contributed by atoms with Crippen LogP contribution in [-0.4, -0.2) is 59.4 Å². The van der Waals surface area contributed by atoms with E-state index in [2.05, 4.69) is 34.4 Å². The molecular weight excluding hydrogens is 216 g/mol. The lowest BCUT2D eigenvalue weighted by molar-refractivity contribution is 0.0864. The molecule has 1 fully saturated rings. The second kappa shape index (κ2) is 5.14. The highest BCUT2D eigenvalue weighted by atomic mass is 15.3. The monoisotopic (exact) mass is 238 g/mol. The molecule has 0 aromatic carbocycles. The number of likely N-dealkylation sites (N-methyl/N-ethyl adjacent to an activating group) is 2. The van der Waals surface area contributed by atoms with E-state index in [0.717, 1.165) is 25.3 Å². The second-order valence-corrected chi connectivity index (χ2v) is 4.87. The van der Waals surface area contributed by atoms with E-state index in [1.54, 1.807) is 0 Å². The Morgan fingerprint density at radius 2 is 2.18 bits per heavy atom. The molecule has 96 valence electrons. The van der Waals surface area contributed by atoms with E-state index in [1.807, 2.05) is 24.0 Å². The number of piperazine rings is 1. The van der Waals surface area contributed by atoms with Crippen LogP contribution in [0.5, 0.6) is 0 Å². The van der Waals surface area contributed by atoms with Crippen LogP contribution >= 0.6 is 0 Å². The maximum absolute atomic E-state index is 5.71. The van der Waals surface area contributed by atoms with E-state index in [9.17, 15) is 0 Å². The number of hydrogen-bond acceptors (Lipinski definition) is 5. The van der Waals surface area contributed by atoms with Gasteiger partial charge in [-0.2, -0.15) is 5.10 Å². The zero-order valence-corrected chi connectivity index (χ0v) is 10.8. The van der Waals surface area contributed by atoms with Gasteiger partial charge in [0.15, 0.2) is 0 Å². The second-order valence-electron chi connectivity index (χ2n) is 4.87. The van der Waals surface area contributed by atoms with E-state index in [1.165, 1.54) is 0 Å². The number of nitrogens with zero attached hydrogens (tertiary/aromatic N) is 4. The summed E-state index contributed by atoms with van der Waals surface area (Å²) < 4.78 is 1.81. The summed E-state index contributed by atoms with van der Waals surface area (Å²) in [5.41, 5.74) is 3.91. The first-order valence-corrected chi connectivity index (χ1v) is 5.96. The maximum atomic E-state index is 5.71. The van der Waals surface area contributed by atoms with Crippen molar-refractivity contribution in [3.05, 3.63) is 18.0 Å². The summed E-state index contributed by atoms with van der Waals surface area (Å²) in [4.78, 5) is 4.68. The normalized spacial score (nSPS) is 25.1. The minimum absolute atomic E-state index is 0.0731. The highest BCUT2D eigenvalue weighted by Crippen LogP contribution is 2.21. The average Bonchev–Trinajstić information content (AvgIpc) is 2.71. The van der Waals surface area contributed by atoms with E-state index in [4.69, 9.17) is 5.84 Å². The van der Waals surface area contributed by atoms with Gasteiger partial charge in [0.25, 0.3) is 0 Å². The van der Waals surface area contributed by atoms with Gasteiger partial charge >= 0.3 is 0 Å². The molecule has 1 aromatic rings. The summed E-state index contributed by atoms with van der Waals surface area (Å²) in [5, 5.41) is 4.45. The molecule has 1 aliphatic rings. The Labute approximate surface area is 102 Å². The van der Waals surface area contributed by atoms with Crippen LogP contribution in [0.25, 0.3) is 0 Å². The average molecular weight is 238 g/mol. The van der Waals surface area contributed by atoms with E-state index < -0.39 is 0 Å². The molecular formula is C11H22N6. The van der Waals surface area contributed by atoms with Crippen molar-refractivity contribution in [2.24, 2.45) is 12.9 Å². The molecule has 0 saturated carbocycles. The molecule has 2 heterocycles. The molecule has 0 spiro atoms. The quantitative estimate of drug-likeness (QED) is 0.532. The van der Waals surface area contributed by atoms with Crippen LogP contribution < -0.4 is 11.3 Å². The molecule has 1 aromatic heterocycles. The number of hydrazine groups is 1. The Morgan fingerprint density at radius 3 is 2.76 bits per heavy atom. The van der Waals surface area contributed by atoms with Gasteiger partial charge in [-0.1, -0.05) is 0 Å². The van der Waals surface area contributed by atoms with Crippen molar-refractivity contribution < 1.29 is 0 Å². The third-order valence-corrected chi connectivity index (χ3v) is 3.52. The van der Waals surface area contributed by atoms with Crippen molar-refractivity contribution in [2.45, 2.75) is 12.1 Å². The molecule has 6 nitrogen and oxygen atoms in total. The lowest BCUT2D eigenvalue weighted by atomic mass is 10.0. The Morgan fingerprint density at radius 1 is 1.41 bits per heavy atom. The van der Waals surface area contributed by atoms with Crippen LogP contribution in [-0.2, 0) is 7.05 Å². The Bertz CT molecular complexity index is 363. The minimum atomic E-state index is 0.0731. The molecule has 2 unspecified atom stereocenters. The van der Waals surface area contributed by atoms with E-state index >= 15 is 0 Å². The smallest absolute Gasteiger partial charge is 0.0823 e. The predicted octanol–water partition coefficient (Wildman–Crippen LogP) is -0.830. The van der Waals surface area contributed by atoms with Crippen LogP contribution in [0.1, 0.15) is 11.7 Å². The third kappa shape index (κ3) is 2.66. The van der Waals surface area contributed by atoms with Gasteiger partial charge in [-0.3, -0.25) is 15.4 Å². The number of hydrogen-bond donors (Lipinski definition) is 2. The Hall–Kier alpha value is -0.950. The summed E-state index contributed by atoms with van der Waals surface area (Å²) in [5.74, 6) is 5.71. The molecule has 1 aliphatic heterocycles. The zero-order chi connectivity index (χ0) is 12.4. The van der Waals surface area contributed by atoms with Gasteiger partial charge in [0, 0.05) is 38.9 Å². The van der Waals surface area contributed by atoms with E-state index in [0.29, 0.717) is 6.04 Å². The summed E-state index contributed by atoms with van der Waals surface area (Å²) in [6.45, 7) is 3.17. The van der Waals surface area contributed by atoms with Crippen molar-refractivity contribution in [2.75, 3.05) is 33.7 Å². The van der Waals surface area contributed by atoms with Crippen molar-refractivity contribution >= 4 is 0 Å². The highest BCUT2D eigenvalue weighted by molar-refractivity contribution is 5.09. The van der Waals surface area contributed by atoms with Crippen molar-refractivity contribution in [1.82, 2.24) is 25.0 Å². The molecule has 2 atom stereocenters. The standard InChI is InChI=1S/C11H22N6/c1-15-6-7-16(2)10(8-15)11(13-12)9-4-5-17(3)14-9/h4-5,10-11,13H,6-8,12H2,1-3H3. The topological polar surface area (TPSA) is 62.4 Å². The van der Waals surface area contributed by atoms with Crippen molar-refractivity contribution in [3.63, 3.8) is 0 Å². The first-order valence-electron chi connectivity index (χ1n) is 5.96. The maximum Gasteiger partial charge on any atom is 0.0823 e. The Kier molecular flexibility index (Phi) is 3.78. The molecule has 0 bridgehead atoms. The fourth-order valence-corrected chi connectivity index (χ4v) is 2.40. The number of nitrogens with one attached hydrogen (secondary N) is 1. The van der Waals surface area contributed by atoms with Crippen molar-refractivity contribution in [3.8, 4) is 0 Å². The highest BCUT2D eigenvalue weighted by Gasteiger charge is 2.31. The zero-order valence-electron chi connectivity index (χ0n) is 10.8. The van der Waals surface area contributed by atoms with Gasteiger partial charge in [0.05, 0.1) is 11.7 Å². The molecule has 0 aliphatic carbocycles. The number of nitrogens with two attached hydrogens (primary N) is 1. The summed E-state index contributed by atoms with van der Waals surface area (Å²) in [6.07, 6.45) is 1.95. The lowest BCUT2D eigenvalue weighted by Gasteiger charge is -2.41. The molecule has 0 radical (unpaired) electrons. The van der Waals surface area contributed by atoms with Crippen LogP contribution in [0, 0.1) is 0 Å². The molecule has 1 saturated heterocycles. The van der Waals surface area contributed by atoms with Crippen LogP contribution in [0.2, 0.25) is 0 Å². The van der Waals surface area contributed by atoms with Crippen LogP contribution in [0.3, 0.4) is 0 Å². The van der Waals surface area contributed by atoms with Gasteiger partial charge in [-0.15, -0.1) is 0 Å². The fraction of sp³-hybridized carbons (Fsp3) is 0.727. The molecule has 17 heavy (non-hydrogen) atoms. The van der Waals surface area contributed by atoms with Crippen LogP contribution in [0.15, 0.2) is 12.3 Å². The molecule has 3 N–H and O–H groups in total. The third-order valence-electron chi connectivity index (χ3n) is 3.52. The lowest BCUT2D eigenvalue weighted by Crippen LogP contribution is -2.56. The van der Waals surface area contributed by atoms with Crippen molar-refractivity contribution in [1.29, 1.82) is 0 Å². The SMILES string of the molecule is CN1CCN(C)C(C(NN)c2ccn(C)n2)C1. The predicted molar refractivity (Wildman–Crippen MR) is 67.2 cm³/mol. The Balaban J connectivity index is 2.16. The first kappa shape index (κ1) is 12.5. The number of aromatic nitrogens is 2. The van der Waals surface area contributed by atoms with Gasteiger partial charge in [-0.25, -0.2) is 5.43 Å². The molecule has 0 amide bonds. The largest absolute Gasteiger partial charge is 0.303 e. The van der Waals surface area contributed by atoms with Crippen LogP contribution in [0.4, 0.5) is 0 Å². The summed E-state index contributed by atoms with van der Waals surface area (Å²) in [7, 11) is 6.21. The van der Waals surface area contributed by atoms with Gasteiger partial charge < -0.3 is 4.90 Å². The first-order chi connectivity index (χ1) is 8.11. The summed E-state index contributed by atoms with van der Waals surface area (Å²) in [6, 6.07) is 2.45. The van der Waals surface area contributed by atoms with Gasteiger partial charge in [0.2, 0.25) is 0 Å². The van der Waals surface area contributed by atoms with Gasteiger partial charge in [0.1, 0.15) is 0 Å². The van der Waals surface area contributed by atoms with Gasteiger partial charge in [-0.05, 0) is 20.2 Å². The molecule has 2 rings (SSSR count). The fourth-order valence-electron chi connectivity index (χ4n) is 2.40.